The summed E-state index contributed by atoms with van der Waals surface area (Å²) in [5, 5.41) is 6.89. The lowest BCUT2D eigenvalue weighted by Crippen LogP contribution is -2.23. The van der Waals surface area contributed by atoms with Crippen LogP contribution >= 0.6 is 11.6 Å². The molecule has 1 aliphatic rings. The third kappa shape index (κ3) is 2.07. The predicted octanol–water partition coefficient (Wildman–Crippen LogP) is 1.84. The van der Waals surface area contributed by atoms with Crippen LogP contribution in [0.25, 0.3) is 0 Å². The van der Waals surface area contributed by atoms with E-state index >= 15 is 0 Å². The lowest BCUT2D eigenvalue weighted by atomic mass is 10.2. The van der Waals surface area contributed by atoms with E-state index in [1.807, 2.05) is 19.1 Å². The van der Waals surface area contributed by atoms with Crippen LogP contribution in [0, 0.1) is 6.92 Å². The van der Waals surface area contributed by atoms with Crippen molar-refractivity contribution < 1.29 is 4.74 Å². The lowest BCUT2D eigenvalue weighted by molar-refractivity contribution is 0.412. The van der Waals surface area contributed by atoms with Gasteiger partial charge in [0.2, 0.25) is 0 Å². The number of methoxy groups -OCH3 is 1. The van der Waals surface area contributed by atoms with E-state index in [0.29, 0.717) is 5.02 Å². The molecule has 1 aromatic carbocycles. The van der Waals surface area contributed by atoms with E-state index in [0.717, 1.165) is 36.0 Å². The minimum atomic E-state index is 0.627. The summed E-state index contributed by atoms with van der Waals surface area (Å²) in [6.45, 7) is 3.71. The monoisotopic (exact) mass is 239 g/mol. The summed E-state index contributed by atoms with van der Waals surface area (Å²) in [6, 6.07) is 3.72. The van der Waals surface area contributed by atoms with E-state index in [4.69, 9.17) is 16.3 Å². The van der Waals surface area contributed by atoms with Crippen LogP contribution in [0.4, 0.5) is 5.69 Å². The number of hydrogen-bond donors (Lipinski definition) is 2. The third-order valence-electron chi connectivity index (χ3n) is 2.48. The Morgan fingerprint density at radius 2 is 2.00 bits per heavy atom. The molecule has 0 bridgehead atoms. The number of benzene rings is 1. The van der Waals surface area contributed by atoms with Gasteiger partial charge < -0.3 is 15.4 Å². The van der Waals surface area contributed by atoms with Gasteiger partial charge in [-0.15, -0.1) is 0 Å². The van der Waals surface area contributed by atoms with Crippen LogP contribution in [0.5, 0.6) is 5.75 Å². The van der Waals surface area contributed by atoms with Gasteiger partial charge in [-0.2, -0.15) is 0 Å². The molecule has 0 radical (unpaired) electrons. The molecule has 0 aliphatic carbocycles. The molecule has 0 unspecified atom stereocenters. The molecule has 1 aliphatic heterocycles. The molecule has 0 spiro atoms. The number of aliphatic imine (C=N–C) groups is 1. The number of nitrogens with one attached hydrogen (secondary N) is 2. The van der Waals surface area contributed by atoms with Crippen molar-refractivity contribution in [2.24, 2.45) is 4.99 Å². The van der Waals surface area contributed by atoms with Crippen LogP contribution in [0.15, 0.2) is 17.1 Å². The molecular formula is C11H14ClN3O. The van der Waals surface area contributed by atoms with Gasteiger partial charge in [-0.1, -0.05) is 11.6 Å². The number of ether oxygens (including phenoxy) is 1. The number of rotatable bonds is 2. The molecule has 86 valence electrons. The second-order valence-corrected chi connectivity index (χ2v) is 3.92. The topological polar surface area (TPSA) is 45.6 Å². The molecule has 4 nitrogen and oxygen atoms in total. The minimum Gasteiger partial charge on any atom is -0.496 e. The van der Waals surface area contributed by atoms with Gasteiger partial charge in [0.05, 0.1) is 17.8 Å². The fourth-order valence-electron chi connectivity index (χ4n) is 1.58. The van der Waals surface area contributed by atoms with Crippen molar-refractivity contribution in [2.45, 2.75) is 6.92 Å². The van der Waals surface area contributed by atoms with Crippen molar-refractivity contribution in [1.82, 2.24) is 10.6 Å². The quantitative estimate of drug-likeness (QED) is 0.828. The van der Waals surface area contributed by atoms with Crippen molar-refractivity contribution in [3.05, 3.63) is 22.7 Å². The van der Waals surface area contributed by atoms with Crippen molar-refractivity contribution in [2.75, 3.05) is 20.2 Å². The van der Waals surface area contributed by atoms with E-state index < -0.39 is 0 Å². The third-order valence-corrected chi connectivity index (χ3v) is 2.96. The molecule has 1 fully saturated rings. The molecule has 0 amide bonds. The first-order valence-electron chi connectivity index (χ1n) is 5.12. The highest BCUT2D eigenvalue weighted by Gasteiger charge is 2.10. The van der Waals surface area contributed by atoms with Gasteiger partial charge in [0, 0.05) is 18.7 Å². The molecule has 16 heavy (non-hydrogen) atoms. The zero-order valence-corrected chi connectivity index (χ0v) is 10.1. The second-order valence-electron chi connectivity index (χ2n) is 3.54. The Hall–Kier alpha value is -1.42. The molecule has 2 rings (SSSR count). The van der Waals surface area contributed by atoms with Crippen LogP contribution in [0.1, 0.15) is 5.56 Å². The Labute approximate surface area is 99.7 Å². The maximum absolute atomic E-state index is 6.21. The van der Waals surface area contributed by atoms with E-state index in [9.17, 15) is 0 Å². The summed E-state index contributed by atoms with van der Waals surface area (Å²) in [7, 11) is 1.63. The van der Waals surface area contributed by atoms with Crippen LogP contribution in [-0.4, -0.2) is 26.2 Å². The van der Waals surface area contributed by atoms with E-state index in [-0.39, 0.29) is 0 Å². The van der Waals surface area contributed by atoms with Gasteiger partial charge in [0.15, 0.2) is 5.96 Å². The van der Waals surface area contributed by atoms with E-state index in [2.05, 4.69) is 15.6 Å². The Morgan fingerprint density at radius 3 is 2.62 bits per heavy atom. The van der Waals surface area contributed by atoms with Crippen molar-refractivity contribution in [3.8, 4) is 5.75 Å². The molecule has 2 N–H and O–H groups in total. The number of hydrogen-bond acceptors (Lipinski definition) is 2. The van der Waals surface area contributed by atoms with Gasteiger partial charge in [0.25, 0.3) is 0 Å². The zero-order chi connectivity index (χ0) is 11.5. The van der Waals surface area contributed by atoms with Crippen LogP contribution in [0.2, 0.25) is 5.02 Å². The smallest absolute Gasteiger partial charge is 0.196 e. The number of halogens is 1. The van der Waals surface area contributed by atoms with Crippen molar-refractivity contribution in [1.29, 1.82) is 0 Å². The Balaban J connectivity index is 2.35. The first kappa shape index (κ1) is 11.1. The average Bonchev–Trinajstić information content (AvgIpc) is 2.78. The molecule has 1 saturated heterocycles. The van der Waals surface area contributed by atoms with Crippen molar-refractivity contribution >= 4 is 23.2 Å². The summed E-state index contributed by atoms with van der Waals surface area (Å²) < 4.78 is 5.19. The van der Waals surface area contributed by atoms with Crippen molar-refractivity contribution in [3.63, 3.8) is 0 Å². The lowest BCUT2D eigenvalue weighted by Gasteiger charge is -2.08. The van der Waals surface area contributed by atoms with Crippen LogP contribution in [-0.2, 0) is 0 Å². The Kier molecular flexibility index (Phi) is 3.19. The summed E-state index contributed by atoms with van der Waals surface area (Å²) in [5.74, 6) is 1.55. The summed E-state index contributed by atoms with van der Waals surface area (Å²) in [6.07, 6.45) is 0. The SMILES string of the molecule is COc1ccc(N=C2NCCN2)c(Cl)c1C. The first-order chi connectivity index (χ1) is 7.72. The molecule has 1 aromatic rings. The summed E-state index contributed by atoms with van der Waals surface area (Å²) in [4.78, 5) is 4.40. The Bertz CT molecular complexity index is 423. The normalized spacial score (nSPS) is 14.3. The molecule has 5 heteroatoms. The summed E-state index contributed by atoms with van der Waals surface area (Å²) in [5.41, 5.74) is 1.65. The second kappa shape index (κ2) is 4.61. The van der Waals surface area contributed by atoms with E-state index in [1.165, 1.54) is 0 Å². The largest absolute Gasteiger partial charge is 0.496 e. The fourth-order valence-corrected chi connectivity index (χ4v) is 1.78. The van der Waals surface area contributed by atoms with Gasteiger partial charge >= 0.3 is 0 Å². The molecule has 0 atom stereocenters. The van der Waals surface area contributed by atoms with Gasteiger partial charge in [-0.3, -0.25) is 0 Å². The molecule has 0 saturated carbocycles. The molecule has 0 aromatic heterocycles. The maximum Gasteiger partial charge on any atom is 0.196 e. The maximum atomic E-state index is 6.21. The van der Waals surface area contributed by atoms with E-state index in [1.54, 1.807) is 7.11 Å². The highest BCUT2D eigenvalue weighted by molar-refractivity contribution is 6.34. The highest BCUT2D eigenvalue weighted by Crippen LogP contribution is 2.34. The van der Waals surface area contributed by atoms with Crippen LogP contribution < -0.4 is 15.4 Å². The van der Waals surface area contributed by atoms with Gasteiger partial charge in [-0.25, -0.2) is 4.99 Å². The van der Waals surface area contributed by atoms with Crippen LogP contribution in [0.3, 0.4) is 0 Å². The predicted molar refractivity (Wildman–Crippen MR) is 65.8 cm³/mol. The summed E-state index contributed by atoms with van der Waals surface area (Å²) >= 11 is 6.21. The fraction of sp³-hybridized carbons (Fsp3) is 0.364. The molecule has 1 heterocycles. The molecular weight excluding hydrogens is 226 g/mol. The number of guanidine groups is 1. The minimum absolute atomic E-state index is 0.627. The standard InChI is InChI=1S/C11H14ClN3O/c1-7-9(16-2)4-3-8(10(7)12)15-11-13-5-6-14-11/h3-4H,5-6H2,1-2H3,(H2,13,14,15). The van der Waals surface area contributed by atoms with Gasteiger partial charge in [0.1, 0.15) is 5.75 Å². The zero-order valence-electron chi connectivity index (χ0n) is 9.30. The average molecular weight is 240 g/mol. The number of nitrogens with zero attached hydrogens (tertiary/aromatic N) is 1. The van der Waals surface area contributed by atoms with Gasteiger partial charge in [-0.05, 0) is 19.1 Å². The highest BCUT2D eigenvalue weighted by atomic mass is 35.5. The Morgan fingerprint density at radius 1 is 1.31 bits per heavy atom. The first-order valence-corrected chi connectivity index (χ1v) is 5.49.